The molecule has 0 saturated heterocycles. The van der Waals surface area contributed by atoms with E-state index in [0.29, 0.717) is 5.69 Å². The Morgan fingerprint density at radius 2 is 1.65 bits per heavy atom. The molecular formula is C17H12ClIN2O2. The summed E-state index contributed by atoms with van der Waals surface area (Å²) in [4.78, 5) is 26.1. The zero-order chi connectivity index (χ0) is 16.6. The highest BCUT2D eigenvalue weighted by atomic mass is 127. The number of anilines is 2. The van der Waals surface area contributed by atoms with Gasteiger partial charge in [-0.2, -0.15) is 0 Å². The SMILES string of the molecule is Cc1ccccc1NC1=C(Cl)C(=O)N(c2ccc(I)cc2)C1=O. The van der Waals surface area contributed by atoms with E-state index in [1.165, 1.54) is 0 Å². The molecule has 1 N–H and O–H groups in total. The minimum absolute atomic E-state index is 0.100. The van der Waals surface area contributed by atoms with Crippen molar-refractivity contribution in [2.45, 2.75) is 6.92 Å². The van der Waals surface area contributed by atoms with Gasteiger partial charge in [0.05, 0.1) is 5.69 Å². The van der Waals surface area contributed by atoms with Crippen LogP contribution in [-0.2, 0) is 9.59 Å². The van der Waals surface area contributed by atoms with Crippen LogP contribution >= 0.6 is 34.2 Å². The topological polar surface area (TPSA) is 49.4 Å². The van der Waals surface area contributed by atoms with E-state index < -0.39 is 11.8 Å². The van der Waals surface area contributed by atoms with Gasteiger partial charge in [-0.25, -0.2) is 4.90 Å². The Hall–Kier alpha value is -1.86. The number of rotatable bonds is 3. The van der Waals surface area contributed by atoms with Gasteiger partial charge in [-0.1, -0.05) is 29.8 Å². The molecule has 0 radical (unpaired) electrons. The summed E-state index contributed by atoms with van der Waals surface area (Å²) in [7, 11) is 0. The average Bonchev–Trinajstić information content (AvgIpc) is 2.74. The van der Waals surface area contributed by atoms with Crippen molar-refractivity contribution < 1.29 is 9.59 Å². The van der Waals surface area contributed by atoms with Crippen LogP contribution < -0.4 is 10.2 Å². The van der Waals surface area contributed by atoms with E-state index in [9.17, 15) is 9.59 Å². The van der Waals surface area contributed by atoms with Crippen molar-refractivity contribution in [3.8, 4) is 0 Å². The summed E-state index contributed by atoms with van der Waals surface area (Å²) >= 11 is 8.27. The highest BCUT2D eigenvalue weighted by Gasteiger charge is 2.38. The lowest BCUT2D eigenvalue weighted by atomic mass is 10.2. The normalized spacial score (nSPS) is 14.7. The largest absolute Gasteiger partial charge is 0.349 e. The average molecular weight is 439 g/mol. The number of carbonyl (C=O) groups is 2. The highest BCUT2D eigenvalue weighted by molar-refractivity contribution is 14.1. The first kappa shape index (κ1) is 16.0. The highest BCUT2D eigenvalue weighted by Crippen LogP contribution is 2.30. The lowest BCUT2D eigenvalue weighted by molar-refractivity contribution is -0.120. The van der Waals surface area contributed by atoms with Gasteiger partial charge < -0.3 is 5.32 Å². The summed E-state index contributed by atoms with van der Waals surface area (Å²) in [6.45, 7) is 1.91. The van der Waals surface area contributed by atoms with Crippen LogP contribution in [0.1, 0.15) is 5.56 Å². The summed E-state index contributed by atoms with van der Waals surface area (Å²) < 4.78 is 1.02. The van der Waals surface area contributed by atoms with E-state index >= 15 is 0 Å². The molecule has 1 aliphatic rings. The number of benzene rings is 2. The van der Waals surface area contributed by atoms with Crippen LogP contribution in [0.25, 0.3) is 0 Å². The van der Waals surface area contributed by atoms with E-state index in [4.69, 9.17) is 11.6 Å². The fraction of sp³-hybridized carbons (Fsp3) is 0.0588. The number of nitrogens with one attached hydrogen (secondary N) is 1. The molecule has 2 aromatic carbocycles. The van der Waals surface area contributed by atoms with Gasteiger partial charge >= 0.3 is 0 Å². The standard InChI is InChI=1S/C17H12ClIN2O2/c1-10-4-2-3-5-13(10)20-15-14(18)16(22)21(17(15)23)12-8-6-11(19)7-9-12/h2-9,20H,1H3. The van der Waals surface area contributed by atoms with Gasteiger partial charge in [0.15, 0.2) is 0 Å². The Morgan fingerprint density at radius 1 is 1.00 bits per heavy atom. The lowest BCUT2D eigenvalue weighted by Crippen LogP contribution is -2.32. The van der Waals surface area contributed by atoms with E-state index in [2.05, 4.69) is 27.9 Å². The number of carbonyl (C=O) groups excluding carboxylic acids is 2. The number of nitrogens with zero attached hydrogens (tertiary/aromatic N) is 1. The van der Waals surface area contributed by atoms with E-state index in [0.717, 1.165) is 19.7 Å². The van der Waals surface area contributed by atoms with E-state index in [1.54, 1.807) is 12.1 Å². The van der Waals surface area contributed by atoms with Crippen molar-refractivity contribution >= 4 is 57.4 Å². The molecule has 0 unspecified atom stereocenters. The van der Waals surface area contributed by atoms with Gasteiger partial charge in [0.2, 0.25) is 0 Å². The predicted octanol–water partition coefficient (Wildman–Crippen LogP) is 4.04. The van der Waals surface area contributed by atoms with Crippen LogP contribution in [0.3, 0.4) is 0 Å². The fourth-order valence-electron chi connectivity index (χ4n) is 2.28. The zero-order valence-corrected chi connectivity index (χ0v) is 15.1. The van der Waals surface area contributed by atoms with Crippen molar-refractivity contribution in [1.29, 1.82) is 0 Å². The second-order valence-electron chi connectivity index (χ2n) is 5.05. The maximum absolute atomic E-state index is 12.6. The van der Waals surface area contributed by atoms with Crippen LogP contribution in [0.5, 0.6) is 0 Å². The first-order valence-electron chi connectivity index (χ1n) is 6.86. The Morgan fingerprint density at radius 3 is 2.30 bits per heavy atom. The van der Waals surface area contributed by atoms with Gasteiger partial charge in [0, 0.05) is 9.26 Å². The second-order valence-corrected chi connectivity index (χ2v) is 6.67. The van der Waals surface area contributed by atoms with Crippen LogP contribution in [0, 0.1) is 10.5 Å². The number of hydrogen-bond acceptors (Lipinski definition) is 3. The third-order valence-electron chi connectivity index (χ3n) is 3.52. The number of halogens is 2. The molecule has 0 bridgehead atoms. The smallest absolute Gasteiger partial charge is 0.283 e. The molecule has 2 amide bonds. The zero-order valence-electron chi connectivity index (χ0n) is 12.1. The van der Waals surface area contributed by atoms with Crippen molar-refractivity contribution in [3.05, 3.63) is 68.4 Å². The molecule has 23 heavy (non-hydrogen) atoms. The van der Waals surface area contributed by atoms with Crippen LogP contribution in [0.15, 0.2) is 59.3 Å². The van der Waals surface area contributed by atoms with Crippen LogP contribution in [-0.4, -0.2) is 11.8 Å². The molecule has 116 valence electrons. The number of amides is 2. The third-order valence-corrected chi connectivity index (χ3v) is 4.59. The van der Waals surface area contributed by atoms with Gasteiger partial charge in [-0.15, -0.1) is 0 Å². The first-order chi connectivity index (χ1) is 11.0. The summed E-state index contributed by atoms with van der Waals surface area (Å²) in [5.74, 6) is -0.974. The maximum atomic E-state index is 12.6. The Labute approximate surface area is 152 Å². The summed E-state index contributed by atoms with van der Waals surface area (Å²) in [6, 6.07) is 14.6. The molecule has 0 saturated carbocycles. The number of aryl methyl sites for hydroxylation is 1. The monoisotopic (exact) mass is 438 g/mol. The second kappa shape index (κ2) is 6.33. The lowest BCUT2D eigenvalue weighted by Gasteiger charge is -2.15. The van der Waals surface area contributed by atoms with Crippen LogP contribution in [0.4, 0.5) is 11.4 Å². The summed E-state index contributed by atoms with van der Waals surface area (Å²) in [5.41, 5.74) is 2.30. The fourth-order valence-corrected chi connectivity index (χ4v) is 2.86. The maximum Gasteiger partial charge on any atom is 0.283 e. The summed E-state index contributed by atoms with van der Waals surface area (Å²) in [5, 5.41) is 2.88. The quantitative estimate of drug-likeness (QED) is 0.581. The van der Waals surface area contributed by atoms with E-state index in [1.807, 2.05) is 43.3 Å². The minimum atomic E-state index is -0.519. The molecule has 1 aliphatic heterocycles. The minimum Gasteiger partial charge on any atom is -0.349 e. The Bertz CT molecular complexity index is 831. The van der Waals surface area contributed by atoms with Crippen molar-refractivity contribution in [2.24, 2.45) is 0 Å². The third kappa shape index (κ3) is 2.98. The molecule has 0 fully saturated rings. The summed E-state index contributed by atoms with van der Waals surface area (Å²) in [6.07, 6.45) is 0. The molecule has 6 heteroatoms. The Kier molecular flexibility index (Phi) is 4.41. The molecule has 2 aromatic rings. The first-order valence-corrected chi connectivity index (χ1v) is 8.31. The van der Waals surface area contributed by atoms with Crippen LogP contribution in [0.2, 0.25) is 0 Å². The van der Waals surface area contributed by atoms with Gasteiger partial charge in [0.1, 0.15) is 10.7 Å². The van der Waals surface area contributed by atoms with E-state index in [-0.39, 0.29) is 10.7 Å². The van der Waals surface area contributed by atoms with Gasteiger partial charge in [-0.05, 0) is 65.4 Å². The molecule has 1 heterocycles. The molecular weight excluding hydrogens is 427 g/mol. The number of para-hydroxylation sites is 1. The van der Waals surface area contributed by atoms with Crippen molar-refractivity contribution in [1.82, 2.24) is 0 Å². The molecule has 0 aromatic heterocycles. The van der Waals surface area contributed by atoms with Gasteiger partial charge in [0.25, 0.3) is 11.8 Å². The van der Waals surface area contributed by atoms with Crippen molar-refractivity contribution in [2.75, 3.05) is 10.2 Å². The molecule has 0 spiro atoms. The molecule has 3 rings (SSSR count). The number of imide groups is 1. The van der Waals surface area contributed by atoms with Crippen molar-refractivity contribution in [3.63, 3.8) is 0 Å². The predicted molar refractivity (Wildman–Crippen MR) is 99.3 cm³/mol. The van der Waals surface area contributed by atoms with Gasteiger partial charge in [-0.3, -0.25) is 9.59 Å². The Balaban J connectivity index is 1.93. The molecule has 0 atom stereocenters. The number of hydrogen-bond donors (Lipinski definition) is 1. The molecule has 0 aliphatic carbocycles. The molecule has 4 nitrogen and oxygen atoms in total.